The summed E-state index contributed by atoms with van der Waals surface area (Å²) in [6.07, 6.45) is 6.13. The third-order valence-corrected chi connectivity index (χ3v) is 3.21. The van der Waals surface area contributed by atoms with Crippen molar-refractivity contribution >= 4 is 27.9 Å². The van der Waals surface area contributed by atoms with Crippen molar-refractivity contribution in [2.24, 2.45) is 5.92 Å². The molecule has 0 amide bonds. The van der Waals surface area contributed by atoms with E-state index in [0.29, 0.717) is 0 Å². The Bertz CT molecular complexity index is 46.1. The first-order valence-electron chi connectivity index (χ1n) is 3.43. The minimum atomic E-state index is 1.16. The van der Waals surface area contributed by atoms with Gasteiger partial charge in [-0.1, -0.05) is 0 Å². The van der Waals surface area contributed by atoms with E-state index < -0.39 is 0 Å². The molecule has 36 valence electrons. The quantitative estimate of drug-likeness (QED) is 0.447. The van der Waals surface area contributed by atoms with Gasteiger partial charge in [0.2, 0.25) is 0 Å². The molecule has 0 spiro atoms. The SMILES string of the molecule is [Na][CH2]C1CCCC1. The van der Waals surface area contributed by atoms with E-state index in [1.54, 1.807) is 16.5 Å². The van der Waals surface area contributed by atoms with Crippen LogP contribution in [-0.2, 0) is 0 Å². The van der Waals surface area contributed by atoms with E-state index in [2.05, 4.69) is 0 Å². The van der Waals surface area contributed by atoms with Crippen molar-refractivity contribution in [2.45, 2.75) is 29.4 Å². The van der Waals surface area contributed by atoms with Crippen molar-refractivity contribution in [2.75, 3.05) is 0 Å². The summed E-state index contributed by atoms with van der Waals surface area (Å²) in [5.74, 6) is 1.16. The third kappa shape index (κ3) is 1.75. The van der Waals surface area contributed by atoms with E-state index in [1.165, 1.54) is 40.8 Å². The van der Waals surface area contributed by atoms with Gasteiger partial charge in [0, 0.05) is 0 Å². The Morgan fingerprint density at radius 1 is 1.29 bits per heavy atom. The van der Waals surface area contributed by atoms with Crippen LogP contribution in [0.15, 0.2) is 0 Å². The summed E-state index contributed by atoms with van der Waals surface area (Å²) in [5.41, 5.74) is 0. The molecule has 7 heavy (non-hydrogen) atoms. The van der Waals surface area contributed by atoms with E-state index in [4.69, 9.17) is 0 Å². The zero-order chi connectivity index (χ0) is 5.11. The van der Waals surface area contributed by atoms with Gasteiger partial charge in [0.1, 0.15) is 0 Å². The second kappa shape index (κ2) is 3.11. The molecule has 0 radical (unpaired) electrons. The molecule has 0 atom stereocenters. The molecule has 1 saturated carbocycles. The van der Waals surface area contributed by atoms with Crippen LogP contribution in [0.1, 0.15) is 25.7 Å². The second-order valence-corrected chi connectivity index (χ2v) is 3.38. The van der Waals surface area contributed by atoms with Gasteiger partial charge in [0.25, 0.3) is 0 Å². The van der Waals surface area contributed by atoms with Crippen molar-refractivity contribution in [1.29, 1.82) is 0 Å². The van der Waals surface area contributed by atoms with E-state index in [-0.39, 0.29) is 0 Å². The molecule has 0 N–H and O–H groups in total. The third-order valence-electron chi connectivity index (χ3n) is 2.05. The molecule has 0 aromatic rings. The van der Waals surface area contributed by atoms with Gasteiger partial charge >= 0.3 is 63.2 Å². The van der Waals surface area contributed by atoms with Crippen LogP contribution < -0.4 is 0 Å². The van der Waals surface area contributed by atoms with E-state index in [9.17, 15) is 0 Å². The average Bonchev–Trinajstić information content (AvgIpc) is 2.14. The fourth-order valence-corrected chi connectivity index (χ4v) is 2.24. The Labute approximate surface area is 63.1 Å². The average molecular weight is 106 g/mol. The van der Waals surface area contributed by atoms with Crippen molar-refractivity contribution < 1.29 is 0 Å². The second-order valence-electron chi connectivity index (χ2n) is 2.56. The number of rotatable bonds is 1. The first-order chi connectivity index (χ1) is 3.43. The van der Waals surface area contributed by atoms with Crippen LogP contribution in [0, 0.1) is 5.92 Å². The van der Waals surface area contributed by atoms with Gasteiger partial charge in [-0.05, 0) is 0 Å². The summed E-state index contributed by atoms with van der Waals surface area (Å²) in [4.78, 5) is 0. The van der Waals surface area contributed by atoms with Crippen molar-refractivity contribution in [1.82, 2.24) is 0 Å². The fourth-order valence-electron chi connectivity index (χ4n) is 1.42. The van der Waals surface area contributed by atoms with E-state index in [1.807, 2.05) is 0 Å². The molecule has 0 nitrogen and oxygen atoms in total. The van der Waals surface area contributed by atoms with Crippen LogP contribution in [0.5, 0.6) is 0 Å². The fraction of sp³-hybridized carbons (Fsp3) is 1.00. The molecule has 0 aromatic heterocycles. The number of hydrogen-bond acceptors (Lipinski definition) is 0. The Kier molecular flexibility index (Phi) is 2.72. The minimum absolute atomic E-state index is 1.16. The molecule has 1 aliphatic carbocycles. The van der Waals surface area contributed by atoms with Crippen LogP contribution in [0.25, 0.3) is 0 Å². The predicted molar refractivity (Wildman–Crippen MR) is 32.5 cm³/mol. The van der Waals surface area contributed by atoms with Crippen LogP contribution in [0.2, 0.25) is 3.67 Å². The maximum atomic E-state index is 1.56. The Balaban J connectivity index is 2.14. The van der Waals surface area contributed by atoms with Crippen LogP contribution in [0.4, 0.5) is 0 Å². The Morgan fingerprint density at radius 3 is 2.14 bits per heavy atom. The molecular formula is C6H11Na. The summed E-state index contributed by atoms with van der Waals surface area (Å²) in [7, 11) is 0. The summed E-state index contributed by atoms with van der Waals surface area (Å²) >= 11 is 1.43. The van der Waals surface area contributed by atoms with Crippen LogP contribution >= 0.6 is 0 Å². The summed E-state index contributed by atoms with van der Waals surface area (Å²) in [5, 5.41) is 0. The summed E-state index contributed by atoms with van der Waals surface area (Å²) in [6, 6.07) is 0. The summed E-state index contributed by atoms with van der Waals surface area (Å²) in [6.45, 7) is 0. The zero-order valence-corrected chi connectivity index (χ0v) is 7.11. The molecular weight excluding hydrogens is 95.1 g/mol. The Hall–Kier alpha value is 1.00. The topological polar surface area (TPSA) is 0 Å². The van der Waals surface area contributed by atoms with Crippen molar-refractivity contribution in [3.63, 3.8) is 0 Å². The van der Waals surface area contributed by atoms with Gasteiger partial charge in [-0.2, -0.15) is 0 Å². The molecule has 1 heteroatoms. The van der Waals surface area contributed by atoms with E-state index in [0.717, 1.165) is 5.92 Å². The van der Waals surface area contributed by atoms with E-state index >= 15 is 0 Å². The molecule has 0 bridgehead atoms. The molecule has 0 heterocycles. The van der Waals surface area contributed by atoms with Gasteiger partial charge in [-0.3, -0.25) is 0 Å². The summed E-state index contributed by atoms with van der Waals surface area (Å²) < 4.78 is 1.56. The molecule has 0 unspecified atom stereocenters. The number of hydrogen-bond donors (Lipinski definition) is 0. The predicted octanol–water partition coefficient (Wildman–Crippen LogP) is 1.76. The van der Waals surface area contributed by atoms with Crippen LogP contribution in [0.3, 0.4) is 0 Å². The monoisotopic (exact) mass is 106 g/mol. The molecule has 0 aromatic carbocycles. The zero-order valence-electron chi connectivity index (χ0n) is 5.11. The maximum absolute atomic E-state index is 1.56. The normalized spacial score (nSPS) is 23.7. The van der Waals surface area contributed by atoms with Crippen molar-refractivity contribution in [3.05, 3.63) is 0 Å². The van der Waals surface area contributed by atoms with Crippen molar-refractivity contribution in [3.8, 4) is 0 Å². The molecule has 0 aliphatic heterocycles. The van der Waals surface area contributed by atoms with Gasteiger partial charge in [-0.15, -0.1) is 0 Å². The van der Waals surface area contributed by atoms with Crippen LogP contribution in [-0.4, -0.2) is 27.9 Å². The molecule has 1 aliphatic rings. The van der Waals surface area contributed by atoms with Gasteiger partial charge in [0.15, 0.2) is 0 Å². The molecule has 1 fully saturated rings. The standard InChI is InChI=1S/C6H11.Na/c1-6-4-2-3-5-6;/h6H,1-5H2;. The Morgan fingerprint density at radius 2 is 1.86 bits per heavy atom. The van der Waals surface area contributed by atoms with Gasteiger partial charge in [0.05, 0.1) is 0 Å². The van der Waals surface area contributed by atoms with Gasteiger partial charge in [-0.25, -0.2) is 0 Å². The molecule has 0 saturated heterocycles. The van der Waals surface area contributed by atoms with Gasteiger partial charge < -0.3 is 0 Å². The first-order valence-corrected chi connectivity index (χ1v) is 4.85. The molecule has 1 rings (SSSR count). The first kappa shape index (κ1) is 6.12.